The van der Waals surface area contributed by atoms with E-state index in [9.17, 15) is 4.79 Å². The Labute approximate surface area is 71.6 Å². The summed E-state index contributed by atoms with van der Waals surface area (Å²) in [5.41, 5.74) is 6.11. The van der Waals surface area contributed by atoms with Gasteiger partial charge in [-0.25, -0.2) is 0 Å². The van der Waals surface area contributed by atoms with Gasteiger partial charge in [0, 0.05) is 18.3 Å². The second-order valence-electron chi connectivity index (χ2n) is 2.56. The molecule has 2 N–H and O–H groups in total. The highest BCUT2D eigenvalue weighted by Crippen LogP contribution is 1.97. The summed E-state index contributed by atoms with van der Waals surface area (Å²) in [5, 5.41) is 0. The maximum Gasteiger partial charge on any atom is 0.146 e. The number of rotatable bonds is 4. The Morgan fingerprint density at radius 2 is 2.33 bits per heavy atom. The van der Waals surface area contributed by atoms with E-state index in [1.54, 1.807) is 6.20 Å². The van der Waals surface area contributed by atoms with Crippen LogP contribution < -0.4 is 5.73 Å². The Bertz CT molecular complexity index is 246. The smallest absolute Gasteiger partial charge is 0.146 e. The van der Waals surface area contributed by atoms with Gasteiger partial charge in [-0.2, -0.15) is 0 Å². The van der Waals surface area contributed by atoms with Crippen molar-refractivity contribution in [1.29, 1.82) is 0 Å². The van der Waals surface area contributed by atoms with E-state index in [0.717, 1.165) is 5.69 Å². The summed E-state index contributed by atoms with van der Waals surface area (Å²) in [4.78, 5) is 14.9. The van der Waals surface area contributed by atoms with Gasteiger partial charge in [-0.3, -0.25) is 9.78 Å². The van der Waals surface area contributed by atoms with Crippen molar-refractivity contribution in [2.24, 2.45) is 5.73 Å². The fraction of sp³-hybridized carbons (Fsp3) is 0.333. The fourth-order valence-corrected chi connectivity index (χ4v) is 0.916. The molecular formula is C9H12N2O. The number of carbonyl (C=O) groups is 1. The van der Waals surface area contributed by atoms with Crippen molar-refractivity contribution < 1.29 is 4.79 Å². The highest BCUT2D eigenvalue weighted by atomic mass is 16.1. The average Bonchev–Trinajstić information content (AvgIpc) is 2.16. The highest BCUT2D eigenvalue weighted by molar-refractivity contribution is 5.80. The standard InChI is InChI=1S/C9H12N2O/c10-7-9(12)5-4-8-3-1-2-6-11-8/h1-3,6H,4-5,7,10H2. The van der Waals surface area contributed by atoms with E-state index in [2.05, 4.69) is 4.98 Å². The second-order valence-corrected chi connectivity index (χ2v) is 2.56. The summed E-state index contributed by atoms with van der Waals surface area (Å²) in [7, 11) is 0. The van der Waals surface area contributed by atoms with E-state index < -0.39 is 0 Å². The Morgan fingerprint density at radius 1 is 1.50 bits per heavy atom. The Balaban J connectivity index is 2.38. The van der Waals surface area contributed by atoms with Gasteiger partial charge < -0.3 is 5.73 Å². The molecule has 0 amide bonds. The van der Waals surface area contributed by atoms with E-state index in [1.165, 1.54) is 0 Å². The van der Waals surface area contributed by atoms with Crippen LogP contribution >= 0.6 is 0 Å². The maximum atomic E-state index is 10.8. The second kappa shape index (κ2) is 4.62. The number of aryl methyl sites for hydroxylation is 1. The monoisotopic (exact) mass is 164 g/mol. The van der Waals surface area contributed by atoms with Crippen LogP contribution in [-0.4, -0.2) is 17.3 Å². The van der Waals surface area contributed by atoms with Crippen molar-refractivity contribution in [3.63, 3.8) is 0 Å². The number of Topliss-reactive ketones (excluding diaryl/α,β-unsaturated/α-hetero) is 1. The van der Waals surface area contributed by atoms with Crippen LogP contribution in [-0.2, 0) is 11.2 Å². The summed E-state index contributed by atoms with van der Waals surface area (Å²) in [5.74, 6) is 0.0839. The van der Waals surface area contributed by atoms with Gasteiger partial charge in [0.2, 0.25) is 0 Å². The number of nitrogens with two attached hydrogens (primary N) is 1. The fourth-order valence-electron chi connectivity index (χ4n) is 0.916. The molecule has 12 heavy (non-hydrogen) atoms. The summed E-state index contributed by atoms with van der Waals surface area (Å²) < 4.78 is 0. The van der Waals surface area contributed by atoms with Crippen LogP contribution in [0.4, 0.5) is 0 Å². The molecular weight excluding hydrogens is 152 g/mol. The molecule has 0 fully saturated rings. The molecule has 1 rings (SSSR count). The minimum atomic E-state index is 0.0839. The summed E-state index contributed by atoms with van der Waals surface area (Å²) >= 11 is 0. The van der Waals surface area contributed by atoms with Crippen molar-refractivity contribution in [1.82, 2.24) is 4.98 Å². The van der Waals surface area contributed by atoms with Crippen LogP contribution in [0.5, 0.6) is 0 Å². The molecule has 0 aliphatic rings. The van der Waals surface area contributed by atoms with Gasteiger partial charge in [0.15, 0.2) is 0 Å². The molecule has 0 unspecified atom stereocenters. The molecule has 1 aromatic heterocycles. The zero-order valence-corrected chi connectivity index (χ0v) is 6.86. The van der Waals surface area contributed by atoms with Crippen molar-refractivity contribution in [2.45, 2.75) is 12.8 Å². The Hall–Kier alpha value is -1.22. The molecule has 0 spiro atoms. The zero-order chi connectivity index (χ0) is 8.81. The van der Waals surface area contributed by atoms with Crippen molar-refractivity contribution in [3.8, 4) is 0 Å². The first kappa shape index (κ1) is 8.87. The summed E-state index contributed by atoms with van der Waals surface area (Å²) in [6.45, 7) is 0.132. The van der Waals surface area contributed by atoms with Gasteiger partial charge in [0.05, 0.1) is 6.54 Å². The maximum absolute atomic E-state index is 10.8. The van der Waals surface area contributed by atoms with E-state index in [-0.39, 0.29) is 12.3 Å². The molecule has 0 saturated carbocycles. The van der Waals surface area contributed by atoms with Gasteiger partial charge >= 0.3 is 0 Å². The zero-order valence-electron chi connectivity index (χ0n) is 6.86. The van der Waals surface area contributed by atoms with Gasteiger partial charge in [0.1, 0.15) is 5.78 Å². The predicted molar refractivity (Wildman–Crippen MR) is 46.6 cm³/mol. The molecule has 0 radical (unpaired) electrons. The molecule has 1 heterocycles. The van der Waals surface area contributed by atoms with E-state index in [1.807, 2.05) is 18.2 Å². The quantitative estimate of drug-likeness (QED) is 0.706. The van der Waals surface area contributed by atoms with Crippen LogP contribution in [0.15, 0.2) is 24.4 Å². The molecule has 1 aromatic rings. The van der Waals surface area contributed by atoms with Gasteiger partial charge in [0.25, 0.3) is 0 Å². The lowest BCUT2D eigenvalue weighted by atomic mass is 10.1. The molecule has 64 valence electrons. The van der Waals surface area contributed by atoms with Gasteiger partial charge in [-0.05, 0) is 18.6 Å². The lowest BCUT2D eigenvalue weighted by molar-refractivity contribution is -0.117. The number of hydrogen-bond acceptors (Lipinski definition) is 3. The third-order valence-corrected chi connectivity index (χ3v) is 1.61. The van der Waals surface area contributed by atoms with E-state index >= 15 is 0 Å². The van der Waals surface area contributed by atoms with Crippen LogP contribution in [0.3, 0.4) is 0 Å². The number of carbonyl (C=O) groups excluding carboxylic acids is 1. The molecule has 0 aliphatic carbocycles. The third-order valence-electron chi connectivity index (χ3n) is 1.61. The van der Waals surface area contributed by atoms with Crippen molar-refractivity contribution >= 4 is 5.78 Å². The number of aromatic nitrogens is 1. The molecule has 3 nitrogen and oxygen atoms in total. The molecule has 3 heteroatoms. The number of ketones is 1. The first-order valence-corrected chi connectivity index (χ1v) is 3.94. The molecule has 0 atom stereocenters. The highest BCUT2D eigenvalue weighted by Gasteiger charge is 1.99. The van der Waals surface area contributed by atoms with Crippen LogP contribution in [0, 0.1) is 0 Å². The SMILES string of the molecule is NCC(=O)CCc1ccccn1. The summed E-state index contributed by atoms with van der Waals surface area (Å²) in [6, 6.07) is 5.67. The van der Waals surface area contributed by atoms with Crippen LogP contribution in [0.2, 0.25) is 0 Å². The van der Waals surface area contributed by atoms with Crippen molar-refractivity contribution in [2.75, 3.05) is 6.54 Å². The Morgan fingerprint density at radius 3 is 2.92 bits per heavy atom. The van der Waals surface area contributed by atoms with Gasteiger partial charge in [-0.1, -0.05) is 6.07 Å². The lowest BCUT2D eigenvalue weighted by Crippen LogP contribution is -2.13. The number of hydrogen-bond donors (Lipinski definition) is 1. The predicted octanol–water partition coefficient (Wildman–Crippen LogP) is 0.542. The Kier molecular flexibility index (Phi) is 3.41. The summed E-state index contributed by atoms with van der Waals surface area (Å²) in [6.07, 6.45) is 2.91. The van der Waals surface area contributed by atoms with E-state index in [0.29, 0.717) is 12.8 Å². The first-order chi connectivity index (χ1) is 5.83. The molecule has 0 aromatic carbocycles. The minimum absolute atomic E-state index is 0.0839. The lowest BCUT2D eigenvalue weighted by Gasteiger charge is -1.97. The number of pyridine rings is 1. The average molecular weight is 164 g/mol. The van der Waals surface area contributed by atoms with Crippen molar-refractivity contribution in [3.05, 3.63) is 30.1 Å². The number of nitrogens with zero attached hydrogens (tertiary/aromatic N) is 1. The molecule has 0 aliphatic heterocycles. The molecule has 0 saturated heterocycles. The largest absolute Gasteiger partial charge is 0.324 e. The van der Waals surface area contributed by atoms with Crippen LogP contribution in [0.1, 0.15) is 12.1 Å². The van der Waals surface area contributed by atoms with E-state index in [4.69, 9.17) is 5.73 Å². The third kappa shape index (κ3) is 2.80. The first-order valence-electron chi connectivity index (χ1n) is 3.94. The van der Waals surface area contributed by atoms with Gasteiger partial charge in [-0.15, -0.1) is 0 Å². The van der Waals surface area contributed by atoms with Crippen LogP contribution in [0.25, 0.3) is 0 Å². The minimum Gasteiger partial charge on any atom is -0.324 e. The normalized spacial score (nSPS) is 9.75. The topological polar surface area (TPSA) is 56.0 Å². The molecule has 0 bridgehead atoms.